The molecule has 4 heteroatoms. The van der Waals surface area contributed by atoms with Crippen molar-refractivity contribution in [3.8, 4) is 11.3 Å². The van der Waals surface area contributed by atoms with Crippen molar-refractivity contribution in [1.29, 1.82) is 0 Å². The number of imidazole rings is 1. The molecule has 0 radical (unpaired) electrons. The van der Waals surface area contributed by atoms with Gasteiger partial charge in [0.1, 0.15) is 17.2 Å². The molecule has 3 nitrogen and oxygen atoms in total. The lowest BCUT2D eigenvalue weighted by Gasteiger charge is -2.24. The number of pyridine rings is 1. The molecule has 1 fully saturated rings. The number of nitrogens with zero attached hydrogens (tertiary/aromatic N) is 2. The van der Waals surface area contributed by atoms with Gasteiger partial charge >= 0.3 is 0 Å². The molecule has 124 valence electrons. The Labute approximate surface area is 147 Å². The summed E-state index contributed by atoms with van der Waals surface area (Å²) >= 11 is 6.06. The van der Waals surface area contributed by atoms with Crippen LogP contribution in [0.5, 0.6) is 0 Å². The van der Waals surface area contributed by atoms with Gasteiger partial charge in [0.15, 0.2) is 0 Å². The summed E-state index contributed by atoms with van der Waals surface area (Å²) < 4.78 is 2.23. The second-order valence-electron chi connectivity index (χ2n) is 6.66. The van der Waals surface area contributed by atoms with Crippen molar-refractivity contribution in [2.45, 2.75) is 45.1 Å². The number of halogens is 1. The van der Waals surface area contributed by atoms with Crippen molar-refractivity contribution in [1.82, 2.24) is 9.38 Å². The Kier molecular flexibility index (Phi) is 4.19. The fraction of sp³-hybridized carbons (Fsp3) is 0.350. The second kappa shape index (κ2) is 6.48. The Morgan fingerprint density at radius 2 is 1.79 bits per heavy atom. The number of benzene rings is 1. The molecular formula is C20H22ClN3. The van der Waals surface area contributed by atoms with E-state index in [1.165, 1.54) is 37.8 Å². The molecule has 0 saturated heterocycles. The lowest BCUT2D eigenvalue weighted by Crippen LogP contribution is -2.23. The molecule has 0 spiro atoms. The fourth-order valence-electron chi connectivity index (χ4n) is 3.64. The third kappa shape index (κ3) is 2.89. The van der Waals surface area contributed by atoms with Gasteiger partial charge in [-0.3, -0.25) is 4.40 Å². The molecule has 1 aliphatic carbocycles. The summed E-state index contributed by atoms with van der Waals surface area (Å²) in [6.07, 6.45) is 6.44. The number of anilines is 1. The van der Waals surface area contributed by atoms with E-state index in [1.807, 2.05) is 24.3 Å². The van der Waals surface area contributed by atoms with Gasteiger partial charge in [-0.05, 0) is 44.0 Å². The summed E-state index contributed by atoms with van der Waals surface area (Å²) in [7, 11) is 0. The molecule has 0 amide bonds. The normalized spacial score (nSPS) is 15.8. The van der Waals surface area contributed by atoms with E-state index >= 15 is 0 Å². The molecule has 2 aromatic heterocycles. The third-order valence-electron chi connectivity index (χ3n) is 4.90. The Balaban J connectivity index is 1.83. The Hall–Kier alpha value is -2.00. The standard InChI is InChI=1S/C20H22ClN3/c1-14-6-5-9-18-23-19(15-10-12-16(21)13-11-15)20(24(14)18)22-17-7-3-2-4-8-17/h5-6,9-13,17,22H,2-4,7-8H2,1H3. The first-order chi connectivity index (χ1) is 11.7. The van der Waals surface area contributed by atoms with Gasteiger partial charge < -0.3 is 5.32 Å². The van der Waals surface area contributed by atoms with Crippen molar-refractivity contribution in [2.24, 2.45) is 0 Å². The van der Waals surface area contributed by atoms with Crippen LogP contribution in [-0.2, 0) is 0 Å². The van der Waals surface area contributed by atoms with E-state index in [0.29, 0.717) is 6.04 Å². The van der Waals surface area contributed by atoms with Crippen molar-refractivity contribution in [3.05, 3.63) is 53.2 Å². The second-order valence-corrected chi connectivity index (χ2v) is 7.09. The van der Waals surface area contributed by atoms with E-state index in [-0.39, 0.29) is 0 Å². The Bertz CT molecular complexity index is 845. The quantitative estimate of drug-likeness (QED) is 0.662. The summed E-state index contributed by atoms with van der Waals surface area (Å²) in [6.45, 7) is 2.13. The van der Waals surface area contributed by atoms with Gasteiger partial charge in [-0.15, -0.1) is 0 Å². The van der Waals surface area contributed by atoms with Crippen LogP contribution in [0, 0.1) is 6.92 Å². The van der Waals surface area contributed by atoms with Gasteiger partial charge in [-0.25, -0.2) is 4.98 Å². The Morgan fingerprint density at radius 3 is 2.54 bits per heavy atom. The predicted octanol–water partition coefficient (Wildman–Crippen LogP) is 5.71. The van der Waals surface area contributed by atoms with Crippen LogP contribution in [-0.4, -0.2) is 15.4 Å². The maximum Gasteiger partial charge on any atom is 0.139 e. The Morgan fingerprint density at radius 1 is 1.04 bits per heavy atom. The highest BCUT2D eigenvalue weighted by Gasteiger charge is 2.20. The summed E-state index contributed by atoms with van der Waals surface area (Å²) in [5.41, 5.74) is 4.28. The number of nitrogens with one attached hydrogen (secondary N) is 1. The lowest BCUT2D eigenvalue weighted by molar-refractivity contribution is 0.461. The zero-order valence-corrected chi connectivity index (χ0v) is 14.7. The van der Waals surface area contributed by atoms with Crippen molar-refractivity contribution < 1.29 is 0 Å². The van der Waals surface area contributed by atoms with Gasteiger partial charge in [0.05, 0.1) is 0 Å². The molecule has 24 heavy (non-hydrogen) atoms. The van der Waals surface area contributed by atoms with Crippen LogP contribution in [0.25, 0.3) is 16.9 Å². The van der Waals surface area contributed by atoms with E-state index in [0.717, 1.165) is 27.7 Å². The minimum Gasteiger partial charge on any atom is -0.367 e. The van der Waals surface area contributed by atoms with Crippen molar-refractivity contribution >= 4 is 23.1 Å². The molecule has 0 unspecified atom stereocenters. The van der Waals surface area contributed by atoms with Gasteiger partial charge in [0.2, 0.25) is 0 Å². The molecule has 1 aliphatic rings. The number of aryl methyl sites for hydroxylation is 1. The molecule has 0 bridgehead atoms. The van der Waals surface area contributed by atoms with Crippen LogP contribution < -0.4 is 5.32 Å². The molecule has 4 rings (SSSR count). The van der Waals surface area contributed by atoms with E-state index < -0.39 is 0 Å². The number of hydrogen-bond donors (Lipinski definition) is 1. The van der Waals surface area contributed by atoms with Crippen LogP contribution >= 0.6 is 11.6 Å². The van der Waals surface area contributed by atoms with Crippen LogP contribution in [0.1, 0.15) is 37.8 Å². The number of hydrogen-bond acceptors (Lipinski definition) is 2. The van der Waals surface area contributed by atoms with Gasteiger partial charge in [-0.2, -0.15) is 0 Å². The minimum atomic E-state index is 0.532. The monoisotopic (exact) mass is 339 g/mol. The highest BCUT2D eigenvalue weighted by atomic mass is 35.5. The van der Waals surface area contributed by atoms with E-state index in [9.17, 15) is 0 Å². The summed E-state index contributed by atoms with van der Waals surface area (Å²) in [5.74, 6) is 1.11. The minimum absolute atomic E-state index is 0.532. The molecule has 1 saturated carbocycles. The van der Waals surface area contributed by atoms with Gasteiger partial charge in [0.25, 0.3) is 0 Å². The molecular weight excluding hydrogens is 318 g/mol. The van der Waals surface area contributed by atoms with Crippen molar-refractivity contribution in [3.63, 3.8) is 0 Å². The van der Waals surface area contributed by atoms with Crippen LogP contribution in [0.2, 0.25) is 5.02 Å². The maximum absolute atomic E-state index is 6.06. The highest BCUT2D eigenvalue weighted by Crippen LogP contribution is 2.32. The predicted molar refractivity (Wildman–Crippen MR) is 101 cm³/mol. The van der Waals surface area contributed by atoms with Crippen LogP contribution in [0.15, 0.2) is 42.5 Å². The van der Waals surface area contributed by atoms with E-state index in [4.69, 9.17) is 16.6 Å². The largest absolute Gasteiger partial charge is 0.367 e. The molecule has 3 aromatic rings. The van der Waals surface area contributed by atoms with Gasteiger partial charge in [0, 0.05) is 22.3 Å². The summed E-state index contributed by atoms with van der Waals surface area (Å²) in [6, 6.07) is 14.7. The first-order valence-corrected chi connectivity index (χ1v) is 9.11. The average molecular weight is 340 g/mol. The topological polar surface area (TPSA) is 29.3 Å². The van der Waals surface area contributed by atoms with E-state index in [2.05, 4.69) is 34.8 Å². The smallest absolute Gasteiger partial charge is 0.139 e. The molecule has 1 N–H and O–H groups in total. The summed E-state index contributed by atoms with van der Waals surface area (Å²) in [5, 5.41) is 4.54. The van der Waals surface area contributed by atoms with Crippen molar-refractivity contribution in [2.75, 3.05) is 5.32 Å². The number of aromatic nitrogens is 2. The molecule has 0 aliphatic heterocycles. The van der Waals surface area contributed by atoms with Gasteiger partial charge in [-0.1, -0.05) is 49.1 Å². The van der Waals surface area contributed by atoms with Crippen LogP contribution in [0.3, 0.4) is 0 Å². The first kappa shape index (κ1) is 15.5. The van der Waals surface area contributed by atoms with Crippen LogP contribution in [0.4, 0.5) is 5.82 Å². The highest BCUT2D eigenvalue weighted by molar-refractivity contribution is 6.30. The molecule has 2 heterocycles. The third-order valence-corrected chi connectivity index (χ3v) is 5.15. The molecule has 1 aromatic carbocycles. The maximum atomic E-state index is 6.06. The average Bonchev–Trinajstić information content (AvgIpc) is 2.96. The lowest BCUT2D eigenvalue weighted by atomic mass is 9.95. The number of fused-ring (bicyclic) bond motifs is 1. The molecule has 0 atom stereocenters. The summed E-state index contributed by atoms with van der Waals surface area (Å²) in [4.78, 5) is 4.90. The van der Waals surface area contributed by atoms with E-state index in [1.54, 1.807) is 0 Å². The first-order valence-electron chi connectivity index (χ1n) is 8.73. The zero-order chi connectivity index (χ0) is 16.5. The fourth-order valence-corrected chi connectivity index (χ4v) is 3.76. The number of rotatable bonds is 3. The zero-order valence-electron chi connectivity index (χ0n) is 13.9. The SMILES string of the molecule is Cc1cccc2nc(-c3ccc(Cl)cc3)c(NC3CCCCC3)n12.